The van der Waals surface area contributed by atoms with Crippen LogP contribution in [-0.4, -0.2) is 5.91 Å². The molecule has 0 fully saturated rings. The number of anilines is 1. The van der Waals surface area contributed by atoms with Crippen LogP contribution in [-0.2, 0) is 10.3 Å². The number of nitrogens with two attached hydrogens (primary N) is 1. The van der Waals surface area contributed by atoms with E-state index < -0.39 is 11.4 Å². The highest BCUT2D eigenvalue weighted by Crippen LogP contribution is 2.32. The first-order valence-electron chi connectivity index (χ1n) is 3.79. The summed E-state index contributed by atoms with van der Waals surface area (Å²) in [5.74, 6) is -0.462. The average molecular weight is 173 g/mol. The Morgan fingerprint density at radius 3 is 2.85 bits per heavy atom. The van der Waals surface area contributed by atoms with Crippen molar-refractivity contribution in [3.8, 4) is 6.07 Å². The standard InChI is InChI=1S/C9H7N3O/c10-5-9(11)6-3-1-2-4-7(6)12-8(9)13/h1-4H,11H2,(H,12,13). The van der Waals surface area contributed by atoms with Gasteiger partial charge in [0.05, 0.1) is 6.07 Å². The number of carbonyl (C=O) groups excluding carboxylic acids is 1. The number of nitriles is 1. The Morgan fingerprint density at radius 2 is 2.15 bits per heavy atom. The number of nitrogens with one attached hydrogen (secondary N) is 1. The Labute approximate surface area is 75.0 Å². The summed E-state index contributed by atoms with van der Waals surface area (Å²) in [7, 11) is 0. The third-order valence-corrected chi connectivity index (χ3v) is 2.13. The first kappa shape index (κ1) is 7.77. The molecule has 64 valence electrons. The fourth-order valence-electron chi connectivity index (χ4n) is 1.39. The molecule has 2 rings (SSSR count). The zero-order chi connectivity index (χ0) is 9.47. The second kappa shape index (κ2) is 2.31. The van der Waals surface area contributed by atoms with Crippen molar-refractivity contribution in [3.63, 3.8) is 0 Å². The number of para-hydroxylation sites is 1. The lowest BCUT2D eigenvalue weighted by Gasteiger charge is -2.10. The van der Waals surface area contributed by atoms with E-state index in [0.29, 0.717) is 11.3 Å². The number of rotatable bonds is 0. The van der Waals surface area contributed by atoms with Crippen molar-refractivity contribution in [3.05, 3.63) is 29.8 Å². The number of fused-ring (bicyclic) bond motifs is 1. The van der Waals surface area contributed by atoms with E-state index >= 15 is 0 Å². The highest BCUT2D eigenvalue weighted by atomic mass is 16.2. The number of benzene rings is 1. The molecule has 1 unspecified atom stereocenters. The normalized spacial score (nSPS) is 24.8. The molecule has 1 aromatic carbocycles. The third kappa shape index (κ3) is 0.848. The van der Waals surface area contributed by atoms with Crippen molar-refractivity contribution in [2.24, 2.45) is 5.73 Å². The van der Waals surface area contributed by atoms with E-state index in [1.54, 1.807) is 24.3 Å². The van der Waals surface area contributed by atoms with E-state index in [1.165, 1.54) is 0 Å². The Morgan fingerprint density at radius 1 is 1.46 bits per heavy atom. The molecule has 1 amide bonds. The van der Waals surface area contributed by atoms with Gasteiger partial charge in [-0.25, -0.2) is 0 Å². The first-order valence-corrected chi connectivity index (χ1v) is 3.79. The third-order valence-electron chi connectivity index (χ3n) is 2.13. The molecule has 0 radical (unpaired) electrons. The Kier molecular flexibility index (Phi) is 1.38. The maximum atomic E-state index is 11.3. The van der Waals surface area contributed by atoms with Crippen LogP contribution in [0.15, 0.2) is 24.3 Å². The van der Waals surface area contributed by atoms with Crippen molar-refractivity contribution in [1.82, 2.24) is 0 Å². The lowest BCUT2D eigenvalue weighted by molar-refractivity contribution is -0.118. The second-order valence-corrected chi connectivity index (χ2v) is 2.92. The van der Waals surface area contributed by atoms with Crippen LogP contribution in [0.25, 0.3) is 0 Å². The van der Waals surface area contributed by atoms with Crippen molar-refractivity contribution in [1.29, 1.82) is 5.26 Å². The van der Waals surface area contributed by atoms with Crippen LogP contribution in [0.5, 0.6) is 0 Å². The number of nitrogens with zero attached hydrogens (tertiary/aromatic N) is 1. The van der Waals surface area contributed by atoms with Gasteiger partial charge in [-0.2, -0.15) is 5.26 Å². The monoisotopic (exact) mass is 173 g/mol. The summed E-state index contributed by atoms with van der Waals surface area (Å²) >= 11 is 0. The molecular weight excluding hydrogens is 166 g/mol. The molecule has 1 aliphatic heterocycles. The molecule has 4 nitrogen and oxygen atoms in total. The van der Waals surface area contributed by atoms with Crippen LogP contribution >= 0.6 is 0 Å². The molecule has 13 heavy (non-hydrogen) atoms. The molecule has 0 aromatic heterocycles. The molecule has 0 aliphatic carbocycles. The highest BCUT2D eigenvalue weighted by Gasteiger charge is 2.43. The molecule has 1 atom stereocenters. The summed E-state index contributed by atoms with van der Waals surface area (Å²) in [6, 6.07) is 8.74. The molecule has 4 heteroatoms. The van der Waals surface area contributed by atoms with E-state index in [9.17, 15) is 4.79 Å². The smallest absolute Gasteiger partial charge is 0.264 e. The summed E-state index contributed by atoms with van der Waals surface area (Å²) in [4.78, 5) is 11.3. The number of hydrogen-bond donors (Lipinski definition) is 2. The van der Waals surface area contributed by atoms with E-state index in [-0.39, 0.29) is 0 Å². The van der Waals surface area contributed by atoms with Crippen molar-refractivity contribution < 1.29 is 4.79 Å². The molecule has 0 bridgehead atoms. The number of carbonyl (C=O) groups is 1. The predicted molar refractivity (Wildman–Crippen MR) is 46.6 cm³/mol. The summed E-state index contributed by atoms with van der Waals surface area (Å²) in [6.45, 7) is 0. The molecule has 0 spiro atoms. The van der Waals surface area contributed by atoms with Gasteiger partial charge < -0.3 is 11.1 Å². The van der Waals surface area contributed by atoms with Crippen LogP contribution in [0.1, 0.15) is 5.56 Å². The van der Waals surface area contributed by atoms with E-state index in [4.69, 9.17) is 11.0 Å². The van der Waals surface area contributed by atoms with Crippen LogP contribution in [0.3, 0.4) is 0 Å². The Balaban J connectivity index is 2.67. The molecule has 3 N–H and O–H groups in total. The summed E-state index contributed by atoms with van der Waals surface area (Å²) < 4.78 is 0. The minimum atomic E-state index is -1.52. The molecule has 0 saturated carbocycles. The summed E-state index contributed by atoms with van der Waals surface area (Å²) in [5.41, 5.74) is 5.29. The first-order chi connectivity index (χ1) is 6.18. The van der Waals surface area contributed by atoms with Gasteiger partial charge in [0.25, 0.3) is 5.91 Å². The zero-order valence-corrected chi connectivity index (χ0v) is 6.74. The highest BCUT2D eigenvalue weighted by molar-refractivity contribution is 6.07. The Hall–Kier alpha value is -1.86. The minimum absolute atomic E-state index is 0.462. The maximum absolute atomic E-state index is 11.3. The number of hydrogen-bond acceptors (Lipinski definition) is 3. The van der Waals surface area contributed by atoms with Crippen molar-refractivity contribution >= 4 is 11.6 Å². The van der Waals surface area contributed by atoms with Crippen LogP contribution in [0.2, 0.25) is 0 Å². The zero-order valence-electron chi connectivity index (χ0n) is 6.74. The van der Waals surface area contributed by atoms with Gasteiger partial charge in [0.2, 0.25) is 5.54 Å². The number of amides is 1. The summed E-state index contributed by atoms with van der Waals surface area (Å²) in [6.07, 6.45) is 0. The van der Waals surface area contributed by atoms with Gasteiger partial charge in [-0.3, -0.25) is 4.79 Å². The predicted octanol–water partition coefficient (Wildman–Crippen LogP) is 0.316. The molecule has 1 aromatic rings. The lowest BCUT2D eigenvalue weighted by Crippen LogP contribution is -2.41. The van der Waals surface area contributed by atoms with E-state index in [2.05, 4.69) is 5.32 Å². The molecular formula is C9H7N3O. The molecule has 0 saturated heterocycles. The quantitative estimate of drug-likeness (QED) is 0.592. The van der Waals surface area contributed by atoms with Gasteiger partial charge in [-0.15, -0.1) is 0 Å². The van der Waals surface area contributed by atoms with E-state index in [0.717, 1.165) is 0 Å². The average Bonchev–Trinajstić information content (AvgIpc) is 2.41. The second-order valence-electron chi connectivity index (χ2n) is 2.92. The molecule has 1 heterocycles. The maximum Gasteiger partial charge on any atom is 0.264 e. The fourth-order valence-corrected chi connectivity index (χ4v) is 1.39. The van der Waals surface area contributed by atoms with Gasteiger partial charge in [0.15, 0.2) is 0 Å². The van der Waals surface area contributed by atoms with Gasteiger partial charge in [-0.1, -0.05) is 18.2 Å². The van der Waals surface area contributed by atoms with Crippen LogP contribution in [0.4, 0.5) is 5.69 Å². The topological polar surface area (TPSA) is 78.9 Å². The SMILES string of the molecule is N#CC1(N)C(=O)Nc2ccccc21. The lowest BCUT2D eigenvalue weighted by atomic mass is 9.94. The van der Waals surface area contributed by atoms with E-state index in [1.807, 2.05) is 6.07 Å². The molecule has 1 aliphatic rings. The van der Waals surface area contributed by atoms with Gasteiger partial charge in [0.1, 0.15) is 0 Å². The van der Waals surface area contributed by atoms with Gasteiger partial charge in [-0.05, 0) is 6.07 Å². The van der Waals surface area contributed by atoms with Crippen molar-refractivity contribution in [2.75, 3.05) is 5.32 Å². The van der Waals surface area contributed by atoms with Gasteiger partial charge in [0, 0.05) is 11.3 Å². The largest absolute Gasteiger partial charge is 0.323 e. The Bertz CT molecular complexity index is 421. The van der Waals surface area contributed by atoms with Crippen molar-refractivity contribution in [2.45, 2.75) is 5.54 Å². The van der Waals surface area contributed by atoms with Crippen LogP contribution in [0, 0.1) is 11.3 Å². The van der Waals surface area contributed by atoms with Crippen LogP contribution < -0.4 is 11.1 Å². The summed E-state index contributed by atoms with van der Waals surface area (Å²) in [5, 5.41) is 11.4. The fraction of sp³-hybridized carbons (Fsp3) is 0.111. The minimum Gasteiger partial charge on any atom is -0.323 e. The van der Waals surface area contributed by atoms with Gasteiger partial charge >= 0.3 is 0 Å².